The predicted octanol–water partition coefficient (Wildman–Crippen LogP) is 2.76. The first-order valence-corrected chi connectivity index (χ1v) is 7.41. The standard InChI is InChI=1S/C18H20FNO2/c1-12-7-8-14(19)9-16(12)22-17-15-6-4-3-5-13(15)10-18(17,21)11-20-2/h3-9,17,20-21H,10-11H2,1-2H3/t17-,18+/m1/s1. The van der Waals surface area contributed by atoms with Crippen LogP contribution in [0.25, 0.3) is 0 Å². The van der Waals surface area contributed by atoms with E-state index in [2.05, 4.69) is 5.32 Å². The fraction of sp³-hybridized carbons (Fsp3) is 0.333. The number of benzene rings is 2. The zero-order valence-corrected chi connectivity index (χ0v) is 12.8. The SMILES string of the molecule is CNC[C@@]1(O)Cc2ccccc2[C@H]1Oc1cc(F)ccc1C. The van der Waals surface area contributed by atoms with Crippen molar-refractivity contribution in [1.82, 2.24) is 5.32 Å². The zero-order chi connectivity index (χ0) is 15.7. The molecule has 0 aromatic heterocycles. The Bertz CT molecular complexity index is 689. The molecule has 0 amide bonds. The Morgan fingerprint density at radius 3 is 2.86 bits per heavy atom. The van der Waals surface area contributed by atoms with Gasteiger partial charge in [0.25, 0.3) is 0 Å². The molecule has 2 aromatic carbocycles. The minimum atomic E-state index is -1.04. The van der Waals surface area contributed by atoms with E-state index in [0.29, 0.717) is 18.7 Å². The van der Waals surface area contributed by atoms with Crippen LogP contribution < -0.4 is 10.1 Å². The van der Waals surface area contributed by atoms with Gasteiger partial charge in [0.15, 0.2) is 6.10 Å². The molecule has 0 fully saturated rings. The van der Waals surface area contributed by atoms with Gasteiger partial charge in [0, 0.05) is 19.0 Å². The fourth-order valence-corrected chi connectivity index (χ4v) is 3.13. The van der Waals surface area contributed by atoms with Gasteiger partial charge in [0.2, 0.25) is 0 Å². The summed E-state index contributed by atoms with van der Waals surface area (Å²) in [6, 6.07) is 12.3. The molecular weight excluding hydrogens is 281 g/mol. The highest BCUT2D eigenvalue weighted by Gasteiger charge is 2.46. The van der Waals surface area contributed by atoms with Crippen LogP contribution >= 0.6 is 0 Å². The number of halogens is 1. The Kier molecular flexibility index (Phi) is 3.89. The van der Waals surface area contributed by atoms with Gasteiger partial charge in [-0.2, -0.15) is 0 Å². The van der Waals surface area contributed by atoms with Crippen molar-refractivity contribution in [2.45, 2.75) is 25.0 Å². The van der Waals surface area contributed by atoms with Gasteiger partial charge in [-0.15, -0.1) is 0 Å². The smallest absolute Gasteiger partial charge is 0.154 e. The van der Waals surface area contributed by atoms with Crippen LogP contribution in [-0.4, -0.2) is 24.3 Å². The average Bonchev–Trinajstić information content (AvgIpc) is 2.76. The molecule has 0 radical (unpaired) electrons. The first-order chi connectivity index (χ1) is 10.5. The van der Waals surface area contributed by atoms with Crippen molar-refractivity contribution in [3.63, 3.8) is 0 Å². The van der Waals surface area contributed by atoms with Crippen LogP contribution in [0.5, 0.6) is 5.75 Å². The summed E-state index contributed by atoms with van der Waals surface area (Å²) in [5, 5.41) is 14.0. The molecular formula is C18H20FNO2. The topological polar surface area (TPSA) is 41.5 Å². The maximum absolute atomic E-state index is 13.5. The second-order valence-corrected chi connectivity index (χ2v) is 5.92. The molecule has 0 unspecified atom stereocenters. The summed E-state index contributed by atoms with van der Waals surface area (Å²) in [4.78, 5) is 0. The van der Waals surface area contributed by atoms with Crippen LogP contribution in [0.2, 0.25) is 0 Å². The normalized spacial score (nSPS) is 23.4. The number of aryl methyl sites for hydroxylation is 1. The first kappa shape index (κ1) is 15.0. The van der Waals surface area contributed by atoms with E-state index in [4.69, 9.17) is 4.74 Å². The maximum atomic E-state index is 13.5. The molecule has 116 valence electrons. The molecule has 1 aliphatic carbocycles. The lowest BCUT2D eigenvalue weighted by Gasteiger charge is -2.31. The summed E-state index contributed by atoms with van der Waals surface area (Å²) >= 11 is 0. The minimum Gasteiger partial charge on any atom is -0.482 e. The summed E-state index contributed by atoms with van der Waals surface area (Å²) in [5.41, 5.74) is 1.83. The van der Waals surface area contributed by atoms with E-state index >= 15 is 0 Å². The third-order valence-corrected chi connectivity index (χ3v) is 4.20. The van der Waals surface area contributed by atoms with Crippen LogP contribution in [0, 0.1) is 12.7 Å². The second-order valence-electron chi connectivity index (χ2n) is 5.92. The lowest BCUT2D eigenvalue weighted by atomic mass is 9.97. The Morgan fingerprint density at radius 1 is 1.32 bits per heavy atom. The molecule has 2 atom stereocenters. The summed E-state index contributed by atoms with van der Waals surface area (Å²) in [6.45, 7) is 2.27. The van der Waals surface area contributed by atoms with E-state index < -0.39 is 11.7 Å². The average molecular weight is 301 g/mol. The van der Waals surface area contributed by atoms with Gasteiger partial charge >= 0.3 is 0 Å². The Hall–Kier alpha value is -1.91. The molecule has 22 heavy (non-hydrogen) atoms. The van der Waals surface area contributed by atoms with E-state index in [1.54, 1.807) is 13.1 Å². The Morgan fingerprint density at radius 2 is 2.09 bits per heavy atom. The van der Waals surface area contributed by atoms with Crippen LogP contribution in [0.15, 0.2) is 42.5 Å². The van der Waals surface area contributed by atoms with Crippen molar-refractivity contribution in [2.75, 3.05) is 13.6 Å². The fourth-order valence-electron chi connectivity index (χ4n) is 3.13. The third kappa shape index (κ3) is 2.60. The molecule has 3 nitrogen and oxygen atoms in total. The van der Waals surface area contributed by atoms with Gasteiger partial charge in [-0.05, 0) is 36.7 Å². The summed E-state index contributed by atoms with van der Waals surface area (Å²) in [6.07, 6.45) is -0.0000827. The quantitative estimate of drug-likeness (QED) is 0.912. The Balaban J connectivity index is 1.99. The van der Waals surface area contributed by atoms with Gasteiger partial charge in [-0.3, -0.25) is 0 Å². The highest BCUT2D eigenvalue weighted by Crippen LogP contribution is 2.42. The molecule has 0 heterocycles. The zero-order valence-electron chi connectivity index (χ0n) is 12.8. The number of nitrogens with one attached hydrogen (secondary N) is 1. The number of aliphatic hydroxyl groups is 1. The Labute approximate surface area is 129 Å². The van der Waals surface area contributed by atoms with Crippen molar-refractivity contribution in [2.24, 2.45) is 0 Å². The van der Waals surface area contributed by atoms with E-state index in [0.717, 1.165) is 16.7 Å². The van der Waals surface area contributed by atoms with E-state index in [9.17, 15) is 9.50 Å². The number of rotatable bonds is 4. The summed E-state index contributed by atoms with van der Waals surface area (Å²) < 4.78 is 19.6. The monoisotopic (exact) mass is 301 g/mol. The van der Waals surface area contributed by atoms with Crippen LogP contribution in [-0.2, 0) is 6.42 Å². The summed E-state index contributed by atoms with van der Waals surface area (Å²) in [5.74, 6) is 0.125. The molecule has 3 rings (SSSR count). The number of hydrogen-bond acceptors (Lipinski definition) is 3. The number of ether oxygens (including phenoxy) is 1. The van der Waals surface area contributed by atoms with Crippen LogP contribution in [0.3, 0.4) is 0 Å². The molecule has 0 saturated heterocycles. The first-order valence-electron chi connectivity index (χ1n) is 7.41. The molecule has 0 saturated carbocycles. The van der Waals surface area contributed by atoms with E-state index in [1.807, 2.05) is 31.2 Å². The molecule has 0 spiro atoms. The molecule has 4 heteroatoms. The number of hydrogen-bond donors (Lipinski definition) is 2. The second kappa shape index (κ2) is 5.71. The molecule has 2 N–H and O–H groups in total. The number of likely N-dealkylation sites (N-methyl/N-ethyl adjacent to an activating group) is 1. The van der Waals surface area contributed by atoms with Crippen molar-refractivity contribution in [3.05, 3.63) is 65.0 Å². The lowest BCUT2D eigenvalue weighted by molar-refractivity contribution is -0.0487. The van der Waals surface area contributed by atoms with E-state index in [-0.39, 0.29) is 5.82 Å². The van der Waals surface area contributed by atoms with Crippen molar-refractivity contribution in [3.8, 4) is 5.75 Å². The van der Waals surface area contributed by atoms with Crippen molar-refractivity contribution in [1.29, 1.82) is 0 Å². The van der Waals surface area contributed by atoms with Gasteiger partial charge in [0.05, 0.1) is 0 Å². The van der Waals surface area contributed by atoms with Crippen LogP contribution in [0.1, 0.15) is 22.8 Å². The molecule has 2 aromatic rings. The molecule has 1 aliphatic rings. The highest BCUT2D eigenvalue weighted by atomic mass is 19.1. The van der Waals surface area contributed by atoms with Gasteiger partial charge in [-0.25, -0.2) is 4.39 Å². The predicted molar refractivity (Wildman–Crippen MR) is 83.5 cm³/mol. The van der Waals surface area contributed by atoms with Gasteiger partial charge in [0.1, 0.15) is 17.2 Å². The largest absolute Gasteiger partial charge is 0.482 e. The minimum absolute atomic E-state index is 0.343. The van der Waals surface area contributed by atoms with E-state index in [1.165, 1.54) is 12.1 Å². The highest BCUT2D eigenvalue weighted by molar-refractivity contribution is 5.41. The van der Waals surface area contributed by atoms with Gasteiger partial charge < -0.3 is 15.2 Å². The van der Waals surface area contributed by atoms with Gasteiger partial charge in [-0.1, -0.05) is 30.3 Å². The maximum Gasteiger partial charge on any atom is 0.154 e. The lowest BCUT2D eigenvalue weighted by Crippen LogP contribution is -2.45. The molecule has 0 bridgehead atoms. The third-order valence-electron chi connectivity index (χ3n) is 4.20. The number of fused-ring (bicyclic) bond motifs is 1. The van der Waals surface area contributed by atoms with Crippen LogP contribution in [0.4, 0.5) is 4.39 Å². The van der Waals surface area contributed by atoms with Crippen molar-refractivity contribution < 1.29 is 14.2 Å². The summed E-state index contributed by atoms with van der Waals surface area (Å²) in [7, 11) is 1.80. The van der Waals surface area contributed by atoms with Crippen molar-refractivity contribution >= 4 is 0 Å². The molecule has 0 aliphatic heterocycles.